The van der Waals surface area contributed by atoms with Gasteiger partial charge in [0.15, 0.2) is 0 Å². The van der Waals surface area contributed by atoms with Crippen molar-refractivity contribution in [2.24, 2.45) is 0 Å². The summed E-state index contributed by atoms with van der Waals surface area (Å²) in [7, 11) is 0. The normalized spacial score (nSPS) is 10.7. The predicted molar refractivity (Wildman–Crippen MR) is 89.4 cm³/mol. The molecule has 0 bridgehead atoms. The summed E-state index contributed by atoms with van der Waals surface area (Å²) in [6.45, 7) is 2.10. The number of nitrogens with zero attached hydrogens (tertiary/aromatic N) is 1. The second kappa shape index (κ2) is 6.44. The number of para-hydroxylation sites is 1. The van der Waals surface area contributed by atoms with Crippen LogP contribution in [0, 0.1) is 0 Å². The van der Waals surface area contributed by atoms with Crippen molar-refractivity contribution in [3.8, 4) is 5.88 Å². The second-order valence-electron chi connectivity index (χ2n) is 5.11. The van der Waals surface area contributed by atoms with Crippen LogP contribution in [0.15, 0.2) is 54.6 Å². The van der Waals surface area contributed by atoms with Crippen molar-refractivity contribution in [1.29, 1.82) is 0 Å². The van der Waals surface area contributed by atoms with Crippen molar-refractivity contribution in [3.63, 3.8) is 0 Å². The maximum absolute atomic E-state index is 11.9. The van der Waals surface area contributed by atoms with E-state index in [1.165, 1.54) is 4.68 Å². The Kier molecular flexibility index (Phi) is 4.19. The van der Waals surface area contributed by atoms with Crippen LogP contribution in [-0.4, -0.2) is 22.4 Å². The Morgan fingerprint density at radius 3 is 2.43 bits per heavy atom. The molecule has 5 heteroatoms. The highest BCUT2D eigenvalue weighted by atomic mass is 16.5. The molecule has 0 saturated carbocycles. The first kappa shape index (κ1) is 15.0. The molecule has 1 heterocycles. The molecule has 3 aromatic rings. The zero-order chi connectivity index (χ0) is 16.2. The molecular weight excluding hydrogens is 292 g/mol. The van der Waals surface area contributed by atoms with E-state index in [9.17, 15) is 9.90 Å². The number of aromatic nitrogens is 1. The van der Waals surface area contributed by atoms with Crippen molar-refractivity contribution in [1.82, 2.24) is 4.68 Å². The molecule has 0 spiro atoms. The van der Waals surface area contributed by atoms with E-state index in [1.54, 1.807) is 6.92 Å². The lowest BCUT2D eigenvalue weighted by atomic mass is 10.1. The Bertz CT molecular complexity index is 825. The van der Waals surface area contributed by atoms with E-state index < -0.39 is 0 Å². The summed E-state index contributed by atoms with van der Waals surface area (Å²) in [5, 5.41) is 12.0. The average Bonchev–Trinajstić information content (AvgIpc) is 2.82. The van der Waals surface area contributed by atoms with Gasteiger partial charge in [0.1, 0.15) is 0 Å². The summed E-state index contributed by atoms with van der Waals surface area (Å²) < 4.78 is 6.59. The Balaban J connectivity index is 2.07. The van der Waals surface area contributed by atoms with Crippen LogP contribution in [0.1, 0.15) is 12.6 Å². The van der Waals surface area contributed by atoms with E-state index in [-0.39, 0.29) is 18.3 Å². The topological polar surface area (TPSA) is 63.5 Å². The highest BCUT2D eigenvalue weighted by Crippen LogP contribution is 2.31. The number of anilines is 1. The molecule has 0 unspecified atom stereocenters. The van der Waals surface area contributed by atoms with Crippen molar-refractivity contribution in [2.75, 3.05) is 12.0 Å². The van der Waals surface area contributed by atoms with Gasteiger partial charge in [-0.05, 0) is 25.1 Å². The van der Waals surface area contributed by atoms with Crippen LogP contribution in [0.2, 0.25) is 0 Å². The Hall–Kier alpha value is -2.95. The maximum Gasteiger partial charge on any atom is 0.311 e. The number of hydrogen-bond donors (Lipinski definition) is 2. The summed E-state index contributed by atoms with van der Waals surface area (Å²) in [5.74, 6) is -0.254. The zero-order valence-corrected chi connectivity index (χ0v) is 12.8. The largest absolute Gasteiger partial charge is 0.493 e. The molecule has 2 N–H and O–H groups in total. The molecule has 0 aliphatic carbocycles. The molecule has 0 aliphatic rings. The predicted octanol–water partition coefficient (Wildman–Crippen LogP) is 3.33. The number of ether oxygens (including phenoxy) is 1. The van der Waals surface area contributed by atoms with Crippen molar-refractivity contribution in [2.45, 2.75) is 13.3 Å². The number of carbonyl (C=O) groups excluding carboxylic acids is 1. The summed E-state index contributed by atoms with van der Waals surface area (Å²) in [4.78, 5) is 11.9. The summed E-state index contributed by atoms with van der Waals surface area (Å²) in [5.41, 5.74) is 4.62. The van der Waals surface area contributed by atoms with Gasteiger partial charge in [-0.2, -0.15) is 0 Å². The third-order valence-corrected chi connectivity index (χ3v) is 3.59. The fourth-order valence-corrected chi connectivity index (χ4v) is 2.58. The summed E-state index contributed by atoms with van der Waals surface area (Å²) in [6, 6.07) is 16.9. The van der Waals surface area contributed by atoms with Crippen LogP contribution in [0.4, 0.5) is 5.69 Å². The number of benzene rings is 2. The quantitative estimate of drug-likeness (QED) is 0.710. The minimum Gasteiger partial charge on any atom is -0.493 e. The Morgan fingerprint density at radius 1 is 1.09 bits per heavy atom. The van der Waals surface area contributed by atoms with E-state index in [4.69, 9.17) is 4.74 Å². The van der Waals surface area contributed by atoms with Crippen LogP contribution in [0.5, 0.6) is 5.88 Å². The average molecular weight is 310 g/mol. The fraction of sp³-hybridized carbons (Fsp3) is 0.167. The number of nitrogens with one attached hydrogen (secondary N) is 1. The number of aromatic hydroxyl groups is 1. The molecule has 3 rings (SSSR count). The SMILES string of the molecule is CCOC(=O)Cc1c2ccccc2c(O)n1Nc1ccccc1. The highest BCUT2D eigenvalue weighted by Gasteiger charge is 2.19. The van der Waals surface area contributed by atoms with Gasteiger partial charge in [-0.25, -0.2) is 4.68 Å². The highest BCUT2D eigenvalue weighted by molar-refractivity contribution is 5.93. The third-order valence-electron chi connectivity index (χ3n) is 3.59. The Morgan fingerprint density at radius 2 is 1.74 bits per heavy atom. The minimum absolute atomic E-state index is 0.0729. The van der Waals surface area contributed by atoms with E-state index >= 15 is 0 Å². The van der Waals surface area contributed by atoms with Gasteiger partial charge >= 0.3 is 5.97 Å². The first-order valence-corrected chi connectivity index (χ1v) is 7.49. The van der Waals surface area contributed by atoms with Crippen molar-refractivity contribution >= 4 is 22.4 Å². The fourth-order valence-electron chi connectivity index (χ4n) is 2.58. The van der Waals surface area contributed by atoms with Gasteiger partial charge in [-0.15, -0.1) is 0 Å². The van der Waals surface area contributed by atoms with Crippen LogP contribution in [-0.2, 0) is 16.0 Å². The van der Waals surface area contributed by atoms with Crippen LogP contribution >= 0.6 is 0 Å². The molecule has 0 saturated heterocycles. The number of esters is 1. The summed E-state index contributed by atoms with van der Waals surface area (Å²) in [6.07, 6.45) is 0.0781. The first-order chi connectivity index (χ1) is 11.2. The molecular formula is C18H18N2O3. The molecule has 0 amide bonds. The molecule has 5 nitrogen and oxygen atoms in total. The lowest BCUT2D eigenvalue weighted by Gasteiger charge is -2.13. The molecule has 0 aliphatic heterocycles. The lowest BCUT2D eigenvalue weighted by Crippen LogP contribution is -2.16. The van der Waals surface area contributed by atoms with E-state index in [0.29, 0.717) is 17.7 Å². The van der Waals surface area contributed by atoms with Gasteiger partial charge in [-0.3, -0.25) is 10.2 Å². The van der Waals surface area contributed by atoms with Gasteiger partial charge in [-0.1, -0.05) is 36.4 Å². The van der Waals surface area contributed by atoms with Gasteiger partial charge < -0.3 is 9.84 Å². The molecule has 118 valence electrons. The summed E-state index contributed by atoms with van der Waals surface area (Å²) >= 11 is 0. The van der Waals surface area contributed by atoms with Crippen LogP contribution < -0.4 is 5.43 Å². The number of fused-ring (bicyclic) bond motifs is 1. The van der Waals surface area contributed by atoms with Gasteiger partial charge in [0.2, 0.25) is 5.88 Å². The molecule has 1 aromatic heterocycles. The van der Waals surface area contributed by atoms with E-state index in [2.05, 4.69) is 5.43 Å². The number of rotatable bonds is 5. The van der Waals surface area contributed by atoms with Gasteiger partial charge in [0, 0.05) is 10.8 Å². The maximum atomic E-state index is 11.9. The first-order valence-electron chi connectivity index (χ1n) is 7.49. The van der Waals surface area contributed by atoms with Crippen LogP contribution in [0.25, 0.3) is 10.8 Å². The number of hydrogen-bond acceptors (Lipinski definition) is 4. The van der Waals surface area contributed by atoms with Gasteiger partial charge in [0.05, 0.1) is 24.4 Å². The standard InChI is InChI=1S/C18H18N2O3/c1-2-23-17(21)12-16-14-10-6-7-11-15(14)18(22)20(16)19-13-8-4-3-5-9-13/h3-11,19,22H,2,12H2,1H3. The molecule has 0 radical (unpaired) electrons. The monoisotopic (exact) mass is 310 g/mol. The van der Waals surface area contributed by atoms with E-state index in [1.807, 2.05) is 54.6 Å². The number of carbonyl (C=O) groups is 1. The van der Waals surface area contributed by atoms with Crippen molar-refractivity contribution < 1.29 is 14.6 Å². The van der Waals surface area contributed by atoms with Crippen molar-refractivity contribution in [3.05, 3.63) is 60.3 Å². The Labute approximate surface area is 134 Å². The molecule has 2 aromatic carbocycles. The smallest absolute Gasteiger partial charge is 0.311 e. The third kappa shape index (κ3) is 2.99. The van der Waals surface area contributed by atoms with Gasteiger partial charge in [0.25, 0.3) is 0 Å². The second-order valence-corrected chi connectivity index (χ2v) is 5.11. The zero-order valence-electron chi connectivity index (χ0n) is 12.8. The minimum atomic E-state index is -0.327. The molecule has 0 atom stereocenters. The lowest BCUT2D eigenvalue weighted by molar-refractivity contribution is -0.142. The van der Waals surface area contributed by atoms with Crippen LogP contribution in [0.3, 0.4) is 0 Å². The van der Waals surface area contributed by atoms with E-state index in [0.717, 1.165) is 11.1 Å². The molecule has 0 fully saturated rings. The molecule has 23 heavy (non-hydrogen) atoms.